The summed E-state index contributed by atoms with van der Waals surface area (Å²) in [6.45, 7) is 1.03. The summed E-state index contributed by atoms with van der Waals surface area (Å²) in [5.74, 6) is -7.58. The fourth-order valence-corrected chi connectivity index (χ4v) is 3.47. The molecule has 0 fully saturated rings. The van der Waals surface area contributed by atoms with Crippen LogP contribution in [0.3, 0.4) is 0 Å². The van der Waals surface area contributed by atoms with Crippen molar-refractivity contribution in [2.24, 2.45) is 0 Å². The van der Waals surface area contributed by atoms with E-state index in [1.165, 1.54) is 77.2 Å². The number of rotatable bonds is 20. The molecular formula is C23H43F5N2O. The van der Waals surface area contributed by atoms with Crippen molar-refractivity contribution in [2.45, 2.75) is 115 Å². The lowest BCUT2D eigenvalue weighted by Crippen LogP contribution is -2.50. The molecule has 0 heterocycles. The quantitative estimate of drug-likeness (QED) is 0.156. The molecule has 0 spiro atoms. The summed E-state index contributed by atoms with van der Waals surface area (Å²) in [5, 5.41) is 1.68. The van der Waals surface area contributed by atoms with Crippen molar-refractivity contribution >= 4 is 5.91 Å². The van der Waals surface area contributed by atoms with Crippen LogP contribution < -0.4 is 5.32 Å². The number of hydrogen-bond donors (Lipinski definition) is 1. The highest BCUT2D eigenvalue weighted by Gasteiger charge is 2.63. The first-order valence-electron chi connectivity index (χ1n) is 12.0. The molecule has 0 saturated heterocycles. The molecule has 0 radical (unpaired) electrons. The van der Waals surface area contributed by atoms with E-state index >= 15 is 0 Å². The summed E-state index contributed by atoms with van der Waals surface area (Å²) >= 11 is 0. The van der Waals surface area contributed by atoms with E-state index in [1.807, 2.05) is 0 Å². The van der Waals surface area contributed by atoms with Gasteiger partial charge >= 0.3 is 12.1 Å². The summed E-state index contributed by atoms with van der Waals surface area (Å²) in [6, 6.07) is 0. The Labute approximate surface area is 185 Å². The number of halogens is 5. The van der Waals surface area contributed by atoms with Gasteiger partial charge in [-0.3, -0.25) is 4.79 Å². The predicted molar refractivity (Wildman–Crippen MR) is 116 cm³/mol. The molecule has 1 N–H and O–H groups in total. The largest absolute Gasteiger partial charge is 0.463 e. The summed E-state index contributed by atoms with van der Waals surface area (Å²) in [6.07, 6.45) is 12.6. The van der Waals surface area contributed by atoms with Crippen LogP contribution in [0.25, 0.3) is 0 Å². The first kappa shape index (κ1) is 30.1. The Morgan fingerprint density at radius 1 is 0.613 bits per heavy atom. The van der Waals surface area contributed by atoms with Crippen molar-refractivity contribution in [1.82, 2.24) is 10.2 Å². The predicted octanol–water partition coefficient (Wildman–Crippen LogP) is 7.10. The van der Waals surface area contributed by atoms with Crippen LogP contribution in [0.4, 0.5) is 22.0 Å². The minimum absolute atomic E-state index is 0.152. The fraction of sp³-hybridized carbons (Fsp3) is 0.957. The zero-order chi connectivity index (χ0) is 23.6. The Morgan fingerprint density at radius 2 is 0.935 bits per heavy atom. The highest BCUT2D eigenvalue weighted by molar-refractivity contribution is 5.84. The Morgan fingerprint density at radius 3 is 1.26 bits per heavy atom. The number of nitrogens with zero attached hydrogens (tertiary/aromatic N) is 1. The molecule has 0 unspecified atom stereocenters. The molecule has 0 bridgehead atoms. The molecule has 186 valence electrons. The van der Waals surface area contributed by atoms with Gasteiger partial charge in [0.15, 0.2) is 0 Å². The van der Waals surface area contributed by atoms with Crippen LogP contribution in [0.1, 0.15) is 103 Å². The highest BCUT2D eigenvalue weighted by atomic mass is 19.4. The molecule has 0 aromatic carbocycles. The molecule has 0 aliphatic carbocycles. The molecule has 0 saturated carbocycles. The molecule has 3 nitrogen and oxygen atoms in total. The van der Waals surface area contributed by atoms with Crippen molar-refractivity contribution < 1.29 is 26.7 Å². The molecule has 1 amide bonds. The second-order valence-corrected chi connectivity index (χ2v) is 8.79. The van der Waals surface area contributed by atoms with Gasteiger partial charge in [-0.2, -0.15) is 22.0 Å². The maximum Gasteiger partial charge on any atom is 0.463 e. The van der Waals surface area contributed by atoms with E-state index in [0.29, 0.717) is 12.8 Å². The lowest BCUT2D eigenvalue weighted by molar-refractivity contribution is -0.269. The Kier molecular flexibility index (Phi) is 17.1. The fourth-order valence-electron chi connectivity index (χ4n) is 3.47. The van der Waals surface area contributed by atoms with Gasteiger partial charge in [0.05, 0.1) is 0 Å². The van der Waals surface area contributed by atoms with Crippen LogP contribution in [-0.4, -0.2) is 50.1 Å². The molecule has 0 aromatic heterocycles. The topological polar surface area (TPSA) is 32.3 Å². The van der Waals surface area contributed by atoms with Gasteiger partial charge in [0, 0.05) is 6.54 Å². The Bertz CT molecular complexity index is 442. The smallest absolute Gasteiger partial charge is 0.351 e. The summed E-state index contributed by atoms with van der Waals surface area (Å²) in [7, 11) is 4.23. The zero-order valence-corrected chi connectivity index (χ0v) is 19.5. The molecule has 0 aromatic rings. The normalized spacial score (nSPS) is 12.5. The molecule has 8 heteroatoms. The number of nitrogens with one attached hydrogen (secondary N) is 1. The Hall–Kier alpha value is -0.920. The Balaban J connectivity index is 3.30. The van der Waals surface area contributed by atoms with Gasteiger partial charge < -0.3 is 10.2 Å². The highest BCUT2D eigenvalue weighted by Crippen LogP contribution is 2.35. The van der Waals surface area contributed by atoms with E-state index in [0.717, 1.165) is 19.3 Å². The number of hydrogen-bond acceptors (Lipinski definition) is 2. The van der Waals surface area contributed by atoms with E-state index in [9.17, 15) is 26.7 Å². The van der Waals surface area contributed by atoms with Gasteiger partial charge in [0.25, 0.3) is 5.91 Å². The first-order valence-corrected chi connectivity index (χ1v) is 12.0. The van der Waals surface area contributed by atoms with Gasteiger partial charge in [-0.15, -0.1) is 0 Å². The number of amides is 1. The van der Waals surface area contributed by atoms with E-state index in [1.54, 1.807) is 5.32 Å². The number of alkyl halides is 5. The number of carbonyl (C=O) groups excluding carboxylic acids is 1. The van der Waals surface area contributed by atoms with Crippen molar-refractivity contribution in [2.75, 3.05) is 27.2 Å². The number of unbranched alkanes of at least 4 members (excludes halogenated alkanes) is 15. The number of carbonyl (C=O) groups is 1. The van der Waals surface area contributed by atoms with Crippen LogP contribution in [0.15, 0.2) is 0 Å². The molecule has 0 rings (SSSR count). The molecular weight excluding hydrogens is 415 g/mol. The van der Waals surface area contributed by atoms with Crippen LogP contribution >= 0.6 is 0 Å². The molecule has 31 heavy (non-hydrogen) atoms. The van der Waals surface area contributed by atoms with E-state index in [-0.39, 0.29) is 6.54 Å². The lowest BCUT2D eigenvalue weighted by atomic mass is 10.0. The third kappa shape index (κ3) is 16.4. The monoisotopic (exact) mass is 458 g/mol. The van der Waals surface area contributed by atoms with Crippen LogP contribution in [0.5, 0.6) is 0 Å². The summed E-state index contributed by atoms with van der Waals surface area (Å²) in [4.78, 5) is 13.2. The molecule has 0 atom stereocenters. The average Bonchev–Trinajstić information content (AvgIpc) is 2.68. The average molecular weight is 459 g/mol. The van der Waals surface area contributed by atoms with Crippen LogP contribution in [0.2, 0.25) is 0 Å². The maximum absolute atomic E-state index is 12.7. The van der Waals surface area contributed by atoms with Crippen molar-refractivity contribution in [3.05, 3.63) is 0 Å². The van der Waals surface area contributed by atoms with Gasteiger partial charge in [-0.1, -0.05) is 89.9 Å². The van der Waals surface area contributed by atoms with E-state index in [4.69, 9.17) is 0 Å². The summed E-state index contributed by atoms with van der Waals surface area (Å²) < 4.78 is 61.5. The van der Waals surface area contributed by atoms with Gasteiger partial charge in [0.2, 0.25) is 0 Å². The van der Waals surface area contributed by atoms with E-state index < -0.39 is 18.0 Å². The van der Waals surface area contributed by atoms with Crippen molar-refractivity contribution in [3.8, 4) is 0 Å². The van der Waals surface area contributed by atoms with E-state index in [2.05, 4.69) is 19.0 Å². The first-order chi connectivity index (χ1) is 14.6. The van der Waals surface area contributed by atoms with Gasteiger partial charge in [-0.25, -0.2) is 0 Å². The minimum atomic E-state index is -5.84. The standard InChI is InChI=1S/C23H43F5N2O/c1-30(2)20-18-16-14-12-10-8-6-4-3-5-7-9-11-13-15-17-19-29-21(31)22(24,25)23(26,27)28/h3-20H2,1-2H3,(H,29,31). The van der Waals surface area contributed by atoms with Crippen LogP contribution in [-0.2, 0) is 4.79 Å². The molecule has 0 aliphatic rings. The lowest BCUT2D eigenvalue weighted by Gasteiger charge is -2.18. The summed E-state index contributed by atoms with van der Waals surface area (Å²) in [5.41, 5.74) is 0. The van der Waals surface area contributed by atoms with Crippen molar-refractivity contribution in [1.29, 1.82) is 0 Å². The van der Waals surface area contributed by atoms with Crippen molar-refractivity contribution in [3.63, 3.8) is 0 Å². The van der Waals surface area contributed by atoms with Crippen LogP contribution in [0, 0.1) is 0 Å². The third-order valence-electron chi connectivity index (χ3n) is 5.46. The minimum Gasteiger partial charge on any atom is -0.351 e. The SMILES string of the molecule is CN(C)CCCCCCCCCCCCCCCCCCNC(=O)C(F)(F)C(F)(F)F. The van der Waals surface area contributed by atoms with Gasteiger partial charge in [-0.05, 0) is 33.5 Å². The zero-order valence-electron chi connectivity index (χ0n) is 19.5. The maximum atomic E-state index is 12.7. The van der Waals surface area contributed by atoms with Gasteiger partial charge in [0.1, 0.15) is 0 Å². The third-order valence-corrected chi connectivity index (χ3v) is 5.46. The molecule has 0 aliphatic heterocycles. The second-order valence-electron chi connectivity index (χ2n) is 8.79. The second kappa shape index (κ2) is 17.6.